The molecule has 1 aliphatic rings. The summed E-state index contributed by atoms with van der Waals surface area (Å²) in [6.45, 7) is -0.502. The van der Waals surface area contributed by atoms with Gasteiger partial charge < -0.3 is 10.5 Å². The van der Waals surface area contributed by atoms with Crippen LogP contribution in [0, 0.1) is 5.82 Å². The van der Waals surface area contributed by atoms with Crippen LogP contribution < -0.4 is 5.73 Å². The average molecular weight is 425 g/mol. The van der Waals surface area contributed by atoms with Crippen LogP contribution >= 0.6 is 11.6 Å². The van der Waals surface area contributed by atoms with Crippen LogP contribution in [0.5, 0.6) is 0 Å². The SMILES string of the molecule is NC(=O)COC(=O)c1c2c(nc3ccccc13)/C(=C\c1c(F)cccc1Cl)CCC2. The summed E-state index contributed by atoms with van der Waals surface area (Å²) in [7, 11) is 0. The number of pyridine rings is 1. The Morgan fingerprint density at radius 2 is 1.97 bits per heavy atom. The Morgan fingerprint density at radius 1 is 1.17 bits per heavy atom. The molecule has 0 aliphatic heterocycles. The third-order valence-electron chi connectivity index (χ3n) is 5.04. The minimum atomic E-state index is -0.731. The maximum absolute atomic E-state index is 14.4. The maximum Gasteiger partial charge on any atom is 0.339 e. The first-order valence-corrected chi connectivity index (χ1v) is 9.85. The fraction of sp³-hybridized carbons (Fsp3) is 0.174. The van der Waals surface area contributed by atoms with Crippen LogP contribution in [0.3, 0.4) is 0 Å². The molecule has 1 aromatic heterocycles. The van der Waals surface area contributed by atoms with Gasteiger partial charge in [-0.25, -0.2) is 14.2 Å². The van der Waals surface area contributed by atoms with Gasteiger partial charge in [-0.1, -0.05) is 35.9 Å². The molecule has 0 radical (unpaired) electrons. The molecule has 7 heteroatoms. The van der Waals surface area contributed by atoms with Gasteiger partial charge in [0.25, 0.3) is 5.91 Å². The molecular formula is C23H18ClFN2O3. The van der Waals surface area contributed by atoms with Crippen molar-refractivity contribution in [3.8, 4) is 0 Å². The molecule has 152 valence electrons. The summed E-state index contributed by atoms with van der Waals surface area (Å²) in [5.74, 6) is -1.79. The van der Waals surface area contributed by atoms with Crippen LogP contribution in [0.1, 0.15) is 40.0 Å². The van der Waals surface area contributed by atoms with Crippen molar-refractivity contribution < 1.29 is 18.7 Å². The molecule has 0 atom stereocenters. The zero-order chi connectivity index (χ0) is 21.3. The predicted octanol–water partition coefficient (Wildman–Crippen LogP) is 4.55. The molecule has 0 unspecified atom stereocenters. The number of carbonyl (C=O) groups is 2. The smallest absolute Gasteiger partial charge is 0.339 e. The number of esters is 1. The number of benzene rings is 2. The van der Waals surface area contributed by atoms with E-state index in [0.717, 1.165) is 12.0 Å². The summed E-state index contributed by atoms with van der Waals surface area (Å²) in [5.41, 5.74) is 8.50. The molecule has 0 fully saturated rings. The Balaban J connectivity index is 1.91. The molecule has 0 saturated heterocycles. The normalized spacial score (nSPS) is 14.5. The largest absolute Gasteiger partial charge is 0.452 e. The standard InChI is InChI=1S/C23H18ClFN2O3/c24-17-8-4-9-18(25)16(17)11-13-5-3-7-15-21(23(29)30-12-20(26)28)14-6-1-2-10-19(14)27-22(13)15/h1-2,4,6,8-11H,3,5,7,12H2,(H2,26,28)/b13-11-. The summed E-state index contributed by atoms with van der Waals surface area (Å²) in [6, 6.07) is 11.7. The average Bonchev–Trinajstić information content (AvgIpc) is 2.73. The summed E-state index contributed by atoms with van der Waals surface area (Å²) >= 11 is 6.20. The lowest BCUT2D eigenvalue weighted by Gasteiger charge is -2.22. The van der Waals surface area contributed by atoms with E-state index in [0.29, 0.717) is 45.6 Å². The van der Waals surface area contributed by atoms with Crippen molar-refractivity contribution in [1.82, 2.24) is 4.98 Å². The highest BCUT2D eigenvalue weighted by Gasteiger charge is 2.26. The second-order valence-electron chi connectivity index (χ2n) is 7.03. The fourth-order valence-electron chi connectivity index (χ4n) is 3.74. The number of nitrogens with zero attached hydrogens (tertiary/aromatic N) is 1. The lowest BCUT2D eigenvalue weighted by molar-refractivity contribution is -0.121. The van der Waals surface area contributed by atoms with Gasteiger partial charge in [-0.2, -0.15) is 0 Å². The molecule has 1 aliphatic carbocycles. The molecule has 30 heavy (non-hydrogen) atoms. The topological polar surface area (TPSA) is 82.3 Å². The zero-order valence-corrected chi connectivity index (χ0v) is 16.7. The van der Waals surface area contributed by atoms with Crippen molar-refractivity contribution in [2.75, 3.05) is 6.61 Å². The number of primary amides is 1. The van der Waals surface area contributed by atoms with E-state index < -0.39 is 24.3 Å². The third kappa shape index (κ3) is 3.78. The lowest BCUT2D eigenvalue weighted by atomic mass is 9.86. The number of rotatable bonds is 4. The fourth-order valence-corrected chi connectivity index (χ4v) is 3.96. The summed E-state index contributed by atoms with van der Waals surface area (Å²) < 4.78 is 19.5. The predicted molar refractivity (Wildman–Crippen MR) is 113 cm³/mol. The van der Waals surface area contributed by atoms with Crippen LogP contribution in [-0.4, -0.2) is 23.5 Å². The van der Waals surface area contributed by atoms with Crippen molar-refractivity contribution in [1.29, 1.82) is 0 Å². The monoisotopic (exact) mass is 424 g/mol. The van der Waals surface area contributed by atoms with E-state index in [1.165, 1.54) is 6.07 Å². The van der Waals surface area contributed by atoms with Gasteiger partial charge in [0.15, 0.2) is 6.61 Å². The van der Waals surface area contributed by atoms with E-state index in [1.54, 1.807) is 36.4 Å². The number of aromatic nitrogens is 1. The molecule has 0 bridgehead atoms. The number of halogens is 2. The Morgan fingerprint density at radius 3 is 2.73 bits per heavy atom. The van der Waals surface area contributed by atoms with E-state index in [1.807, 2.05) is 6.07 Å². The third-order valence-corrected chi connectivity index (χ3v) is 5.37. The van der Waals surface area contributed by atoms with E-state index in [2.05, 4.69) is 0 Å². The van der Waals surface area contributed by atoms with Gasteiger partial charge in [0.05, 0.1) is 21.8 Å². The van der Waals surface area contributed by atoms with Crippen molar-refractivity contribution in [2.45, 2.75) is 19.3 Å². The molecule has 4 rings (SSSR count). The van der Waals surface area contributed by atoms with Gasteiger partial charge in [-0.3, -0.25) is 4.79 Å². The van der Waals surface area contributed by atoms with E-state index in [-0.39, 0.29) is 5.56 Å². The van der Waals surface area contributed by atoms with Gasteiger partial charge >= 0.3 is 5.97 Å². The van der Waals surface area contributed by atoms with Gasteiger partial charge in [-0.05, 0) is 54.7 Å². The quantitative estimate of drug-likeness (QED) is 0.623. The first-order chi connectivity index (χ1) is 14.5. The first kappa shape index (κ1) is 20.0. The first-order valence-electron chi connectivity index (χ1n) is 9.47. The van der Waals surface area contributed by atoms with Crippen LogP contribution in [0.2, 0.25) is 5.02 Å². The molecule has 1 heterocycles. The molecular weight excluding hydrogens is 407 g/mol. The number of amides is 1. The number of ether oxygens (including phenoxy) is 1. The maximum atomic E-state index is 14.4. The Labute approximate surface area is 177 Å². The minimum absolute atomic E-state index is 0.287. The summed E-state index contributed by atoms with van der Waals surface area (Å²) in [5, 5.41) is 0.937. The van der Waals surface area contributed by atoms with Gasteiger partial charge in [0.2, 0.25) is 0 Å². The number of hydrogen-bond acceptors (Lipinski definition) is 4. The van der Waals surface area contributed by atoms with Crippen molar-refractivity contribution in [2.24, 2.45) is 5.73 Å². The minimum Gasteiger partial charge on any atom is -0.452 e. The number of allylic oxidation sites excluding steroid dienone is 1. The van der Waals surface area contributed by atoms with Crippen LogP contribution in [0.15, 0.2) is 42.5 Å². The van der Waals surface area contributed by atoms with Crippen LogP contribution in [0.4, 0.5) is 4.39 Å². The number of para-hydroxylation sites is 1. The van der Waals surface area contributed by atoms with Gasteiger partial charge in [0.1, 0.15) is 5.82 Å². The molecule has 2 N–H and O–H groups in total. The van der Waals surface area contributed by atoms with Gasteiger partial charge in [-0.15, -0.1) is 0 Å². The molecule has 1 amide bonds. The second-order valence-corrected chi connectivity index (χ2v) is 7.44. The van der Waals surface area contributed by atoms with Crippen LogP contribution in [-0.2, 0) is 16.0 Å². The second kappa shape index (κ2) is 8.24. The number of hydrogen-bond donors (Lipinski definition) is 1. The Bertz CT molecular complexity index is 1190. The Hall–Kier alpha value is -3.25. The molecule has 0 spiro atoms. The molecule has 5 nitrogen and oxygen atoms in total. The summed E-state index contributed by atoms with van der Waals surface area (Å²) in [4.78, 5) is 28.7. The number of fused-ring (bicyclic) bond motifs is 2. The molecule has 0 saturated carbocycles. The highest BCUT2D eigenvalue weighted by molar-refractivity contribution is 6.32. The van der Waals surface area contributed by atoms with E-state index in [4.69, 9.17) is 27.1 Å². The van der Waals surface area contributed by atoms with Gasteiger partial charge in [0, 0.05) is 10.9 Å². The Kier molecular flexibility index (Phi) is 5.50. The molecule has 3 aromatic rings. The van der Waals surface area contributed by atoms with E-state index >= 15 is 0 Å². The van der Waals surface area contributed by atoms with E-state index in [9.17, 15) is 14.0 Å². The van der Waals surface area contributed by atoms with Crippen LogP contribution in [0.25, 0.3) is 22.6 Å². The summed E-state index contributed by atoms with van der Waals surface area (Å²) in [6.07, 6.45) is 3.71. The lowest BCUT2D eigenvalue weighted by Crippen LogP contribution is -2.22. The van der Waals surface area contributed by atoms with Crippen molar-refractivity contribution in [3.05, 3.63) is 75.7 Å². The van der Waals surface area contributed by atoms with Crippen molar-refractivity contribution in [3.63, 3.8) is 0 Å². The number of carbonyl (C=O) groups excluding carboxylic acids is 2. The molecule has 2 aromatic carbocycles. The van der Waals surface area contributed by atoms with Crippen molar-refractivity contribution >= 4 is 46.0 Å². The highest BCUT2D eigenvalue weighted by atomic mass is 35.5. The number of nitrogens with two attached hydrogens (primary N) is 1. The highest BCUT2D eigenvalue weighted by Crippen LogP contribution is 2.37. The zero-order valence-electron chi connectivity index (χ0n) is 16.0.